The van der Waals surface area contributed by atoms with Crippen LogP contribution in [-0.4, -0.2) is 53.0 Å². The smallest absolute Gasteiger partial charge is 0.410 e. The third kappa shape index (κ3) is 4.24. The Labute approximate surface area is 143 Å². The van der Waals surface area contributed by atoms with E-state index in [4.69, 9.17) is 4.74 Å². The summed E-state index contributed by atoms with van der Waals surface area (Å²) in [5, 5.41) is 0. The van der Waals surface area contributed by atoms with Gasteiger partial charge in [0.1, 0.15) is 11.4 Å². The SMILES string of the molecule is CCC(=O)c1cccnc1N1CCN(C(=O)OC(C)(C)C)C[C@H]1C. The molecule has 1 aromatic heterocycles. The minimum atomic E-state index is -0.501. The Hall–Kier alpha value is -2.11. The lowest BCUT2D eigenvalue weighted by molar-refractivity contribution is 0.0218. The van der Waals surface area contributed by atoms with Crippen LogP contribution in [0.1, 0.15) is 51.4 Å². The van der Waals surface area contributed by atoms with Crippen LogP contribution in [-0.2, 0) is 4.74 Å². The zero-order valence-electron chi connectivity index (χ0n) is 15.2. The quantitative estimate of drug-likeness (QED) is 0.795. The summed E-state index contributed by atoms with van der Waals surface area (Å²) in [6.45, 7) is 11.2. The first kappa shape index (κ1) is 18.2. The lowest BCUT2D eigenvalue weighted by Crippen LogP contribution is -2.55. The molecule has 0 N–H and O–H groups in total. The highest BCUT2D eigenvalue weighted by atomic mass is 16.6. The first-order valence-electron chi connectivity index (χ1n) is 8.45. The summed E-state index contributed by atoms with van der Waals surface area (Å²) in [4.78, 5) is 32.6. The van der Waals surface area contributed by atoms with Gasteiger partial charge in [0.05, 0.1) is 5.56 Å². The molecule has 0 aromatic carbocycles. The summed E-state index contributed by atoms with van der Waals surface area (Å²) in [5.41, 5.74) is 0.150. The van der Waals surface area contributed by atoms with Gasteiger partial charge in [-0.25, -0.2) is 9.78 Å². The van der Waals surface area contributed by atoms with Gasteiger partial charge in [-0.2, -0.15) is 0 Å². The van der Waals surface area contributed by atoms with E-state index in [-0.39, 0.29) is 17.9 Å². The van der Waals surface area contributed by atoms with Crippen molar-refractivity contribution in [2.75, 3.05) is 24.5 Å². The average molecular weight is 333 g/mol. The summed E-state index contributed by atoms with van der Waals surface area (Å²) >= 11 is 0. The Balaban J connectivity index is 2.12. The van der Waals surface area contributed by atoms with Gasteiger partial charge in [-0.3, -0.25) is 4.79 Å². The normalized spacial score (nSPS) is 18.5. The number of Topliss-reactive ketones (excluding diaryl/α,β-unsaturated/α-hetero) is 1. The van der Waals surface area contributed by atoms with E-state index >= 15 is 0 Å². The Bertz CT molecular complexity index is 610. The summed E-state index contributed by atoms with van der Waals surface area (Å²) in [5.74, 6) is 0.792. The van der Waals surface area contributed by atoms with E-state index in [1.54, 1.807) is 17.2 Å². The molecular formula is C18H27N3O3. The van der Waals surface area contributed by atoms with E-state index in [0.29, 0.717) is 37.4 Å². The standard InChI is InChI=1S/C18H27N3O3/c1-6-15(22)14-8-7-9-19-16(14)21-11-10-20(12-13(21)2)17(23)24-18(3,4)5/h7-9,13H,6,10-12H2,1-5H3/t13-/m1/s1. The fourth-order valence-electron chi connectivity index (χ4n) is 2.80. The van der Waals surface area contributed by atoms with Gasteiger partial charge in [-0.1, -0.05) is 6.92 Å². The zero-order chi connectivity index (χ0) is 17.9. The van der Waals surface area contributed by atoms with Crippen molar-refractivity contribution in [2.24, 2.45) is 0 Å². The van der Waals surface area contributed by atoms with E-state index in [9.17, 15) is 9.59 Å². The van der Waals surface area contributed by atoms with Crippen LogP contribution in [0.4, 0.5) is 10.6 Å². The fourth-order valence-corrected chi connectivity index (χ4v) is 2.80. The second kappa shape index (κ2) is 7.20. The number of anilines is 1. The summed E-state index contributed by atoms with van der Waals surface area (Å²) in [6, 6.07) is 3.67. The maximum absolute atomic E-state index is 12.2. The van der Waals surface area contributed by atoms with Crippen LogP contribution in [0.25, 0.3) is 0 Å². The van der Waals surface area contributed by atoms with Crippen molar-refractivity contribution in [1.82, 2.24) is 9.88 Å². The minimum Gasteiger partial charge on any atom is -0.444 e. The summed E-state index contributed by atoms with van der Waals surface area (Å²) in [6.07, 6.45) is 1.86. The molecule has 0 bridgehead atoms. The van der Waals surface area contributed by atoms with Crippen LogP contribution < -0.4 is 4.90 Å². The van der Waals surface area contributed by atoms with Crippen molar-refractivity contribution in [1.29, 1.82) is 0 Å². The third-order valence-corrected chi connectivity index (χ3v) is 3.96. The van der Waals surface area contributed by atoms with Crippen molar-refractivity contribution >= 4 is 17.7 Å². The second-order valence-corrected chi connectivity index (χ2v) is 7.12. The van der Waals surface area contributed by atoms with E-state index in [2.05, 4.69) is 9.88 Å². The number of nitrogens with zero attached hydrogens (tertiary/aromatic N) is 3. The van der Waals surface area contributed by atoms with Crippen molar-refractivity contribution in [3.63, 3.8) is 0 Å². The molecule has 1 saturated heterocycles. The van der Waals surface area contributed by atoms with Crippen LogP contribution in [0.3, 0.4) is 0 Å². The number of ketones is 1. The van der Waals surface area contributed by atoms with Gasteiger partial charge in [-0.05, 0) is 39.8 Å². The second-order valence-electron chi connectivity index (χ2n) is 7.12. The number of amides is 1. The lowest BCUT2D eigenvalue weighted by Gasteiger charge is -2.41. The molecule has 0 radical (unpaired) electrons. The van der Waals surface area contributed by atoms with E-state index in [1.807, 2.05) is 40.7 Å². The van der Waals surface area contributed by atoms with Crippen LogP contribution in [0.15, 0.2) is 18.3 Å². The number of carbonyl (C=O) groups excluding carboxylic acids is 2. The molecule has 0 unspecified atom stereocenters. The lowest BCUT2D eigenvalue weighted by atomic mass is 10.1. The monoisotopic (exact) mass is 333 g/mol. The molecule has 2 heterocycles. The number of piperazine rings is 1. The van der Waals surface area contributed by atoms with E-state index in [0.717, 1.165) is 0 Å². The molecular weight excluding hydrogens is 306 g/mol. The number of hydrogen-bond donors (Lipinski definition) is 0. The van der Waals surface area contributed by atoms with Crippen molar-refractivity contribution < 1.29 is 14.3 Å². The number of ether oxygens (including phenoxy) is 1. The molecule has 1 atom stereocenters. The predicted octanol–water partition coefficient (Wildman–Crippen LogP) is 3.12. The van der Waals surface area contributed by atoms with Gasteiger partial charge in [0.25, 0.3) is 0 Å². The van der Waals surface area contributed by atoms with Crippen LogP contribution in [0.2, 0.25) is 0 Å². The highest BCUT2D eigenvalue weighted by Gasteiger charge is 2.31. The van der Waals surface area contributed by atoms with Gasteiger partial charge >= 0.3 is 6.09 Å². The largest absolute Gasteiger partial charge is 0.444 e. The zero-order valence-corrected chi connectivity index (χ0v) is 15.2. The van der Waals surface area contributed by atoms with Gasteiger partial charge < -0.3 is 14.5 Å². The Kier molecular flexibility index (Phi) is 5.47. The fraction of sp³-hybridized carbons (Fsp3) is 0.611. The first-order chi connectivity index (χ1) is 11.2. The molecule has 1 amide bonds. The van der Waals surface area contributed by atoms with Crippen molar-refractivity contribution in [2.45, 2.75) is 52.7 Å². The van der Waals surface area contributed by atoms with Crippen LogP contribution in [0.5, 0.6) is 0 Å². The Morgan fingerprint density at radius 1 is 1.33 bits per heavy atom. The minimum absolute atomic E-state index is 0.0598. The first-order valence-corrected chi connectivity index (χ1v) is 8.45. The Morgan fingerprint density at radius 2 is 2.04 bits per heavy atom. The average Bonchev–Trinajstić information content (AvgIpc) is 2.52. The predicted molar refractivity (Wildman–Crippen MR) is 93.5 cm³/mol. The number of aromatic nitrogens is 1. The summed E-state index contributed by atoms with van der Waals surface area (Å²) < 4.78 is 5.44. The van der Waals surface area contributed by atoms with Crippen LogP contribution >= 0.6 is 0 Å². The number of hydrogen-bond acceptors (Lipinski definition) is 5. The topological polar surface area (TPSA) is 62.7 Å². The van der Waals surface area contributed by atoms with E-state index in [1.165, 1.54) is 0 Å². The molecule has 1 fully saturated rings. The molecule has 6 heteroatoms. The Morgan fingerprint density at radius 3 is 2.62 bits per heavy atom. The molecule has 1 aliphatic rings. The molecule has 0 spiro atoms. The molecule has 2 rings (SSSR count). The van der Waals surface area contributed by atoms with Gasteiger partial charge in [0, 0.05) is 38.3 Å². The molecule has 6 nitrogen and oxygen atoms in total. The molecule has 132 valence electrons. The maximum atomic E-state index is 12.2. The molecule has 1 aromatic rings. The molecule has 0 saturated carbocycles. The van der Waals surface area contributed by atoms with Gasteiger partial charge in [0.2, 0.25) is 0 Å². The van der Waals surface area contributed by atoms with Crippen molar-refractivity contribution in [3.8, 4) is 0 Å². The third-order valence-electron chi connectivity index (χ3n) is 3.96. The molecule has 1 aliphatic heterocycles. The number of pyridine rings is 1. The van der Waals surface area contributed by atoms with Gasteiger partial charge in [0.15, 0.2) is 5.78 Å². The van der Waals surface area contributed by atoms with E-state index < -0.39 is 5.60 Å². The van der Waals surface area contributed by atoms with Gasteiger partial charge in [-0.15, -0.1) is 0 Å². The number of carbonyl (C=O) groups is 2. The van der Waals surface area contributed by atoms with Crippen LogP contribution in [0, 0.1) is 0 Å². The maximum Gasteiger partial charge on any atom is 0.410 e. The highest BCUT2D eigenvalue weighted by molar-refractivity contribution is 6.00. The number of rotatable bonds is 3. The molecule has 24 heavy (non-hydrogen) atoms. The van der Waals surface area contributed by atoms with Crippen molar-refractivity contribution in [3.05, 3.63) is 23.9 Å². The molecule has 0 aliphatic carbocycles. The highest BCUT2D eigenvalue weighted by Crippen LogP contribution is 2.24. The summed E-state index contributed by atoms with van der Waals surface area (Å²) in [7, 11) is 0.